The van der Waals surface area contributed by atoms with Gasteiger partial charge in [-0.1, -0.05) is 11.6 Å². The van der Waals surface area contributed by atoms with Gasteiger partial charge < -0.3 is 0 Å². The fraction of sp³-hybridized carbons (Fsp3) is 0.500. The van der Waals surface area contributed by atoms with Crippen LogP contribution in [0.15, 0.2) is 0 Å². The van der Waals surface area contributed by atoms with Gasteiger partial charge in [0, 0.05) is 18.4 Å². The van der Waals surface area contributed by atoms with Crippen LogP contribution < -0.4 is 0 Å². The molecule has 0 radical (unpaired) electrons. The second kappa shape index (κ2) is 3.28. The third-order valence-electron chi connectivity index (χ3n) is 2.18. The zero-order valence-corrected chi connectivity index (χ0v) is 8.54. The summed E-state index contributed by atoms with van der Waals surface area (Å²) in [5.41, 5.74) is 0.869. The molecule has 0 spiro atoms. The molecular formula is C8H6Cl2F2N2. The molecule has 0 saturated heterocycles. The SMILES string of the molecule is FC1(F)CCc2nc(Cl)nc(Cl)c2C1. The lowest BCUT2D eigenvalue weighted by atomic mass is 9.94. The second-order valence-electron chi connectivity index (χ2n) is 3.24. The number of nitrogens with zero attached hydrogens (tertiary/aromatic N) is 2. The van der Waals surface area contributed by atoms with Crippen LogP contribution >= 0.6 is 23.2 Å². The van der Waals surface area contributed by atoms with Gasteiger partial charge in [0.25, 0.3) is 5.92 Å². The summed E-state index contributed by atoms with van der Waals surface area (Å²) in [7, 11) is 0. The Hall–Kier alpha value is -0.480. The molecular weight excluding hydrogens is 233 g/mol. The smallest absolute Gasteiger partial charge is 0.223 e. The van der Waals surface area contributed by atoms with Gasteiger partial charge in [-0.05, 0) is 18.0 Å². The van der Waals surface area contributed by atoms with E-state index in [0.717, 1.165) is 0 Å². The lowest BCUT2D eigenvalue weighted by molar-refractivity contribution is -0.0129. The first-order valence-corrected chi connectivity index (χ1v) is 4.82. The zero-order chi connectivity index (χ0) is 10.3. The second-order valence-corrected chi connectivity index (χ2v) is 3.94. The van der Waals surface area contributed by atoms with E-state index in [1.807, 2.05) is 0 Å². The minimum Gasteiger partial charge on any atom is -0.223 e. The summed E-state index contributed by atoms with van der Waals surface area (Å²) in [5.74, 6) is -2.70. The number of aryl methyl sites for hydroxylation is 1. The Bertz CT molecular complexity index is 382. The van der Waals surface area contributed by atoms with Gasteiger partial charge in [0.1, 0.15) is 5.15 Å². The van der Waals surface area contributed by atoms with Crippen molar-refractivity contribution in [1.29, 1.82) is 0 Å². The van der Waals surface area contributed by atoms with Gasteiger partial charge in [-0.15, -0.1) is 0 Å². The summed E-state index contributed by atoms with van der Waals surface area (Å²) in [4.78, 5) is 7.52. The molecule has 0 aliphatic heterocycles. The van der Waals surface area contributed by atoms with Crippen LogP contribution in [0, 0.1) is 0 Å². The van der Waals surface area contributed by atoms with Crippen LogP contribution in [-0.2, 0) is 12.8 Å². The molecule has 76 valence electrons. The first-order chi connectivity index (χ1) is 6.48. The zero-order valence-electron chi connectivity index (χ0n) is 7.03. The van der Waals surface area contributed by atoms with E-state index in [1.54, 1.807) is 0 Å². The van der Waals surface area contributed by atoms with E-state index in [9.17, 15) is 8.78 Å². The molecule has 6 heteroatoms. The Balaban J connectivity index is 2.47. The molecule has 0 bridgehead atoms. The minimum absolute atomic E-state index is 0.0129. The number of hydrogen-bond donors (Lipinski definition) is 0. The quantitative estimate of drug-likeness (QED) is 0.513. The van der Waals surface area contributed by atoms with Gasteiger partial charge in [0.15, 0.2) is 0 Å². The summed E-state index contributed by atoms with van der Waals surface area (Å²) >= 11 is 11.3. The van der Waals surface area contributed by atoms with E-state index < -0.39 is 12.3 Å². The molecule has 1 aliphatic carbocycles. The third kappa shape index (κ3) is 1.81. The topological polar surface area (TPSA) is 25.8 Å². The van der Waals surface area contributed by atoms with Crippen LogP contribution in [-0.4, -0.2) is 15.9 Å². The van der Waals surface area contributed by atoms with Gasteiger partial charge in [-0.2, -0.15) is 0 Å². The predicted octanol–water partition coefficient (Wildman–Crippen LogP) is 2.91. The van der Waals surface area contributed by atoms with Crippen molar-refractivity contribution in [1.82, 2.24) is 9.97 Å². The average Bonchev–Trinajstić information content (AvgIpc) is 2.06. The number of rotatable bonds is 0. The molecule has 0 amide bonds. The Morgan fingerprint density at radius 1 is 1.21 bits per heavy atom. The maximum absolute atomic E-state index is 13.0. The summed E-state index contributed by atoms with van der Waals surface area (Å²) in [6.07, 6.45) is -0.397. The van der Waals surface area contributed by atoms with Gasteiger partial charge in [0.05, 0.1) is 5.69 Å². The van der Waals surface area contributed by atoms with Crippen molar-refractivity contribution in [3.63, 3.8) is 0 Å². The highest BCUT2D eigenvalue weighted by molar-refractivity contribution is 6.32. The Morgan fingerprint density at radius 2 is 1.93 bits per heavy atom. The number of aromatic nitrogens is 2. The molecule has 1 heterocycles. The minimum atomic E-state index is -2.70. The number of fused-ring (bicyclic) bond motifs is 1. The van der Waals surface area contributed by atoms with Crippen molar-refractivity contribution in [2.45, 2.75) is 25.2 Å². The van der Waals surface area contributed by atoms with E-state index in [0.29, 0.717) is 11.3 Å². The lowest BCUT2D eigenvalue weighted by Crippen LogP contribution is -2.27. The highest BCUT2D eigenvalue weighted by Gasteiger charge is 2.36. The van der Waals surface area contributed by atoms with Gasteiger partial charge in [0.2, 0.25) is 5.28 Å². The lowest BCUT2D eigenvalue weighted by Gasteiger charge is -2.23. The number of halogens is 4. The molecule has 0 saturated carbocycles. The fourth-order valence-corrected chi connectivity index (χ4v) is 1.99. The van der Waals surface area contributed by atoms with Crippen LogP contribution in [0.4, 0.5) is 8.78 Å². The first-order valence-electron chi connectivity index (χ1n) is 4.06. The first kappa shape index (κ1) is 10.1. The average molecular weight is 239 g/mol. The monoisotopic (exact) mass is 238 g/mol. The molecule has 0 fully saturated rings. The Kier molecular flexibility index (Phi) is 2.35. The summed E-state index contributed by atoms with van der Waals surface area (Å²) in [6.45, 7) is 0. The molecule has 0 aromatic carbocycles. The summed E-state index contributed by atoms with van der Waals surface area (Å²) in [6, 6.07) is 0. The van der Waals surface area contributed by atoms with Crippen molar-refractivity contribution in [2.24, 2.45) is 0 Å². The predicted molar refractivity (Wildman–Crippen MR) is 49.0 cm³/mol. The molecule has 1 aliphatic rings. The maximum atomic E-state index is 13.0. The Labute approximate surface area is 89.3 Å². The molecule has 14 heavy (non-hydrogen) atoms. The Morgan fingerprint density at radius 3 is 2.64 bits per heavy atom. The fourth-order valence-electron chi connectivity index (χ4n) is 1.50. The number of alkyl halides is 2. The van der Waals surface area contributed by atoms with Crippen molar-refractivity contribution >= 4 is 23.2 Å². The van der Waals surface area contributed by atoms with Crippen molar-refractivity contribution < 1.29 is 8.78 Å². The van der Waals surface area contributed by atoms with Crippen LogP contribution in [0.2, 0.25) is 10.4 Å². The van der Waals surface area contributed by atoms with Gasteiger partial charge >= 0.3 is 0 Å². The molecule has 2 rings (SSSR count). The standard InChI is InChI=1S/C8H6Cl2F2N2/c9-6-4-3-8(11,12)2-1-5(4)13-7(10)14-6/h1-3H2. The number of hydrogen-bond acceptors (Lipinski definition) is 2. The largest absolute Gasteiger partial charge is 0.252 e. The molecule has 0 unspecified atom stereocenters. The van der Waals surface area contributed by atoms with E-state index in [2.05, 4.69) is 9.97 Å². The molecule has 2 nitrogen and oxygen atoms in total. The van der Waals surface area contributed by atoms with E-state index >= 15 is 0 Å². The van der Waals surface area contributed by atoms with Crippen molar-refractivity contribution in [3.8, 4) is 0 Å². The van der Waals surface area contributed by atoms with Crippen LogP contribution in [0.1, 0.15) is 17.7 Å². The third-order valence-corrected chi connectivity index (χ3v) is 2.66. The van der Waals surface area contributed by atoms with Crippen LogP contribution in [0.5, 0.6) is 0 Å². The van der Waals surface area contributed by atoms with E-state index in [4.69, 9.17) is 23.2 Å². The molecule has 0 atom stereocenters. The summed E-state index contributed by atoms with van der Waals surface area (Å²) < 4.78 is 26.0. The van der Waals surface area contributed by atoms with Crippen LogP contribution in [0.3, 0.4) is 0 Å². The highest BCUT2D eigenvalue weighted by Crippen LogP contribution is 2.35. The van der Waals surface area contributed by atoms with Crippen molar-refractivity contribution in [3.05, 3.63) is 21.7 Å². The summed E-state index contributed by atoms with van der Waals surface area (Å²) in [5, 5.41) is 0.0540. The van der Waals surface area contributed by atoms with Gasteiger partial charge in [-0.3, -0.25) is 0 Å². The molecule has 1 aromatic heterocycles. The normalized spacial score (nSPS) is 19.1. The van der Waals surface area contributed by atoms with E-state index in [1.165, 1.54) is 0 Å². The van der Waals surface area contributed by atoms with E-state index in [-0.39, 0.29) is 23.3 Å². The maximum Gasteiger partial charge on any atom is 0.252 e. The molecule has 1 aromatic rings. The van der Waals surface area contributed by atoms with Crippen molar-refractivity contribution in [2.75, 3.05) is 0 Å². The van der Waals surface area contributed by atoms with Crippen LogP contribution in [0.25, 0.3) is 0 Å². The van der Waals surface area contributed by atoms with Gasteiger partial charge in [-0.25, -0.2) is 18.7 Å². The highest BCUT2D eigenvalue weighted by atomic mass is 35.5. The molecule has 0 N–H and O–H groups in total.